The van der Waals surface area contributed by atoms with Crippen LogP contribution in [0, 0.1) is 0 Å². The van der Waals surface area contributed by atoms with Crippen molar-refractivity contribution in [2.45, 2.75) is 0 Å². The third kappa shape index (κ3) is 3.75. The van der Waals surface area contributed by atoms with Gasteiger partial charge in [-0.25, -0.2) is 0 Å². The summed E-state index contributed by atoms with van der Waals surface area (Å²) in [5.74, 6) is 3.45. The van der Waals surface area contributed by atoms with Crippen LogP contribution in [-0.4, -0.2) is 0 Å². The maximum absolute atomic E-state index is 6.28. The van der Waals surface area contributed by atoms with Crippen LogP contribution >= 0.6 is 22.7 Å². The van der Waals surface area contributed by atoms with Crippen LogP contribution in [0.1, 0.15) is 0 Å². The van der Waals surface area contributed by atoms with Gasteiger partial charge >= 0.3 is 0 Å². The average molecular weight is 653 g/mol. The molecule has 0 aliphatic carbocycles. The number of para-hydroxylation sites is 8. The van der Waals surface area contributed by atoms with Crippen LogP contribution < -0.4 is 19.3 Å². The van der Waals surface area contributed by atoms with Gasteiger partial charge in [-0.3, -0.25) is 0 Å². The van der Waals surface area contributed by atoms with Crippen LogP contribution in [0.5, 0.6) is 23.0 Å². The molecule has 2 aliphatic rings. The van der Waals surface area contributed by atoms with E-state index < -0.39 is 0 Å². The number of nitrogens with zero attached hydrogens (tertiary/aromatic N) is 2. The van der Waals surface area contributed by atoms with E-state index in [1.165, 1.54) is 40.3 Å². The molecule has 0 unspecified atom stereocenters. The predicted molar refractivity (Wildman–Crippen MR) is 202 cm³/mol. The van der Waals surface area contributed by atoms with Crippen molar-refractivity contribution in [1.82, 2.24) is 0 Å². The lowest BCUT2D eigenvalue weighted by Gasteiger charge is -2.32. The molecule has 0 atom stereocenters. The Bertz CT molecular complexity index is 2500. The largest absolute Gasteiger partial charge is 0.453 e. The monoisotopic (exact) mass is 652 g/mol. The quantitative estimate of drug-likeness (QED) is 0.186. The molecule has 2 aromatic heterocycles. The molecule has 4 nitrogen and oxygen atoms in total. The zero-order valence-corrected chi connectivity index (χ0v) is 27.0. The molecule has 0 amide bonds. The lowest BCUT2D eigenvalue weighted by atomic mass is 10.1. The molecule has 48 heavy (non-hydrogen) atoms. The highest BCUT2D eigenvalue weighted by Crippen LogP contribution is 2.53. The Morgan fingerprint density at radius 3 is 1.04 bits per heavy atom. The number of fused-ring (bicyclic) bond motifs is 10. The third-order valence-corrected chi connectivity index (χ3v) is 11.7. The Labute approximate surface area is 283 Å². The molecular formula is C42H24N2O2S2. The van der Waals surface area contributed by atoms with Crippen molar-refractivity contribution < 1.29 is 9.47 Å². The first-order valence-electron chi connectivity index (χ1n) is 15.9. The molecule has 0 saturated heterocycles. The average Bonchev–Trinajstić information content (AvgIpc) is 3.68. The third-order valence-electron chi connectivity index (χ3n) is 9.41. The fourth-order valence-corrected chi connectivity index (χ4v) is 9.48. The summed E-state index contributed by atoms with van der Waals surface area (Å²) < 4.78 is 17.7. The topological polar surface area (TPSA) is 24.9 Å². The highest BCUT2D eigenvalue weighted by Gasteiger charge is 2.27. The smallest absolute Gasteiger partial charge is 0.151 e. The van der Waals surface area contributed by atoms with Gasteiger partial charge in [-0.1, -0.05) is 48.5 Å². The van der Waals surface area contributed by atoms with Crippen LogP contribution in [0.3, 0.4) is 0 Å². The summed E-state index contributed by atoms with van der Waals surface area (Å²) in [6.45, 7) is 0. The summed E-state index contributed by atoms with van der Waals surface area (Å²) in [7, 11) is 0. The van der Waals surface area contributed by atoms with E-state index in [-0.39, 0.29) is 0 Å². The molecule has 0 fully saturated rings. The highest BCUT2D eigenvalue weighted by molar-refractivity contribution is 7.27. The fourth-order valence-electron chi connectivity index (χ4n) is 7.27. The van der Waals surface area contributed by atoms with Crippen molar-refractivity contribution in [2.75, 3.05) is 9.80 Å². The maximum atomic E-state index is 6.28. The molecule has 6 heteroatoms. The van der Waals surface area contributed by atoms with Crippen molar-refractivity contribution in [3.8, 4) is 23.0 Å². The molecule has 0 N–H and O–H groups in total. The molecule has 2 aliphatic heterocycles. The maximum Gasteiger partial charge on any atom is 0.151 e. The number of rotatable bonds is 2. The molecule has 0 saturated carbocycles. The first kappa shape index (κ1) is 26.3. The van der Waals surface area contributed by atoms with Crippen molar-refractivity contribution in [2.24, 2.45) is 0 Å². The molecule has 7 aromatic carbocycles. The first-order valence-corrected chi connectivity index (χ1v) is 17.5. The second kappa shape index (κ2) is 9.84. The van der Waals surface area contributed by atoms with E-state index in [4.69, 9.17) is 9.47 Å². The summed E-state index contributed by atoms with van der Waals surface area (Å²) in [6, 6.07) is 51.6. The van der Waals surface area contributed by atoms with E-state index in [2.05, 4.69) is 107 Å². The van der Waals surface area contributed by atoms with Crippen LogP contribution in [0.2, 0.25) is 0 Å². The van der Waals surface area contributed by atoms with Gasteiger partial charge in [-0.05, 0) is 97.1 Å². The Morgan fingerprint density at radius 1 is 0.333 bits per heavy atom. The summed E-state index contributed by atoms with van der Waals surface area (Å²) in [6.07, 6.45) is 0. The SMILES string of the molecule is c1ccc2c(c1)Oc1ccccc1N2c1ccc2sc3cc4c(cc3c2c1)sc1ccc(N2c3ccccc3Oc3ccccc32)cc14. The van der Waals surface area contributed by atoms with Crippen molar-refractivity contribution >= 4 is 97.1 Å². The van der Waals surface area contributed by atoms with Crippen molar-refractivity contribution in [1.29, 1.82) is 0 Å². The molecule has 0 spiro atoms. The number of hydrogen-bond donors (Lipinski definition) is 0. The van der Waals surface area contributed by atoms with Gasteiger partial charge in [0.05, 0.1) is 22.7 Å². The van der Waals surface area contributed by atoms with E-state index in [1.807, 2.05) is 71.2 Å². The Kier molecular flexibility index (Phi) is 5.39. The van der Waals surface area contributed by atoms with Gasteiger partial charge in [0, 0.05) is 51.7 Å². The number of hydrogen-bond acceptors (Lipinski definition) is 6. The molecule has 0 bridgehead atoms. The van der Waals surface area contributed by atoms with E-state index >= 15 is 0 Å². The first-order chi connectivity index (χ1) is 23.8. The summed E-state index contributed by atoms with van der Waals surface area (Å²) in [5.41, 5.74) is 6.42. The number of benzene rings is 7. The number of anilines is 6. The molecular weight excluding hydrogens is 629 g/mol. The number of thiophene rings is 2. The van der Waals surface area contributed by atoms with Gasteiger partial charge in [0.25, 0.3) is 0 Å². The summed E-state index contributed by atoms with van der Waals surface area (Å²) in [5, 5.41) is 5.13. The Hall–Kier alpha value is -5.82. The van der Waals surface area contributed by atoms with Crippen LogP contribution in [0.4, 0.5) is 34.1 Å². The normalized spacial score (nSPS) is 13.2. The highest BCUT2D eigenvalue weighted by atomic mass is 32.1. The Balaban J connectivity index is 1.07. The molecule has 4 heterocycles. The van der Waals surface area contributed by atoms with Crippen LogP contribution in [0.15, 0.2) is 146 Å². The van der Waals surface area contributed by atoms with E-state index in [1.54, 1.807) is 0 Å². The molecule has 11 rings (SSSR count). The van der Waals surface area contributed by atoms with Crippen molar-refractivity contribution in [3.05, 3.63) is 146 Å². The van der Waals surface area contributed by atoms with E-state index in [9.17, 15) is 0 Å². The minimum absolute atomic E-state index is 0.863. The van der Waals surface area contributed by atoms with Gasteiger partial charge < -0.3 is 19.3 Å². The minimum atomic E-state index is 0.863. The molecule has 9 aromatic rings. The van der Waals surface area contributed by atoms with Crippen LogP contribution in [0.25, 0.3) is 40.3 Å². The summed E-state index contributed by atoms with van der Waals surface area (Å²) in [4.78, 5) is 4.64. The standard InChI is InChI=1S/C42H24N2O2S2/c1-5-13-35-31(9-1)43(32-10-2-6-14-36(32)45-35)25-17-19-39-27(21-25)29-23-42-30(24-41(29)47-39)28-22-26(18-20-40(28)48-42)44-33-11-3-7-15-37(33)46-38-16-8-4-12-34(38)44/h1-24H. The van der Waals surface area contributed by atoms with Crippen molar-refractivity contribution in [3.63, 3.8) is 0 Å². The lowest BCUT2D eigenvalue weighted by molar-refractivity contribution is 0.477. The second-order valence-corrected chi connectivity index (χ2v) is 14.3. The lowest BCUT2D eigenvalue weighted by Crippen LogP contribution is -2.15. The van der Waals surface area contributed by atoms with Gasteiger partial charge in [-0.15, -0.1) is 22.7 Å². The van der Waals surface area contributed by atoms with E-state index in [0.29, 0.717) is 0 Å². The number of ether oxygens (including phenoxy) is 2. The Morgan fingerprint density at radius 2 is 0.667 bits per heavy atom. The minimum Gasteiger partial charge on any atom is -0.453 e. The molecule has 226 valence electrons. The van der Waals surface area contributed by atoms with E-state index in [0.717, 1.165) is 57.1 Å². The fraction of sp³-hybridized carbons (Fsp3) is 0. The predicted octanol–water partition coefficient (Wildman–Crippen LogP) is 13.6. The van der Waals surface area contributed by atoms with Gasteiger partial charge in [0.1, 0.15) is 0 Å². The zero-order chi connectivity index (χ0) is 31.3. The summed E-state index contributed by atoms with van der Waals surface area (Å²) >= 11 is 3.73. The second-order valence-electron chi connectivity index (χ2n) is 12.2. The van der Waals surface area contributed by atoms with Gasteiger partial charge in [0.15, 0.2) is 23.0 Å². The van der Waals surface area contributed by atoms with Crippen LogP contribution in [-0.2, 0) is 0 Å². The zero-order valence-electron chi connectivity index (χ0n) is 25.4. The molecule has 0 radical (unpaired) electrons. The van der Waals surface area contributed by atoms with Gasteiger partial charge in [-0.2, -0.15) is 0 Å². The van der Waals surface area contributed by atoms with Gasteiger partial charge in [0.2, 0.25) is 0 Å².